The normalized spacial score (nSPS) is 11.5. The molecular weight excluding hydrogens is 412 g/mol. The summed E-state index contributed by atoms with van der Waals surface area (Å²) in [6, 6.07) is 12.6. The Bertz CT molecular complexity index is 1170. The fourth-order valence-electron chi connectivity index (χ4n) is 2.59. The van der Waals surface area contributed by atoms with E-state index in [1.807, 2.05) is 30.5 Å². The Hall–Kier alpha value is -3.24. The van der Waals surface area contributed by atoms with E-state index in [2.05, 4.69) is 15.2 Å². The largest absolute Gasteiger partial charge is 0.295 e. The molecule has 0 aliphatic heterocycles. The van der Waals surface area contributed by atoms with E-state index >= 15 is 0 Å². The molecule has 0 unspecified atom stereocenters. The molecule has 3 aromatic rings. The summed E-state index contributed by atoms with van der Waals surface area (Å²) in [4.78, 5) is 11.5. The van der Waals surface area contributed by atoms with E-state index < -0.39 is 20.6 Å². The van der Waals surface area contributed by atoms with Crippen LogP contribution in [0.15, 0.2) is 63.9 Å². The Labute approximate surface area is 172 Å². The van der Waals surface area contributed by atoms with Crippen molar-refractivity contribution in [1.82, 2.24) is 0 Å². The third-order valence-electron chi connectivity index (χ3n) is 4.02. The number of nitro benzene ring substituents is 1. The number of nitrogens with one attached hydrogen (secondary N) is 2. The molecule has 0 atom stereocenters. The van der Waals surface area contributed by atoms with Crippen LogP contribution in [0.25, 0.3) is 0 Å². The average Bonchev–Trinajstić information content (AvgIpc) is 3.17. The second kappa shape index (κ2) is 8.41. The Morgan fingerprint density at radius 3 is 2.52 bits per heavy atom. The molecule has 0 radical (unpaired) electrons. The third kappa shape index (κ3) is 4.98. The van der Waals surface area contributed by atoms with E-state index in [0.29, 0.717) is 5.69 Å². The summed E-state index contributed by atoms with van der Waals surface area (Å²) >= 11 is 1.47. The monoisotopic (exact) mass is 430 g/mol. The average molecular weight is 431 g/mol. The first-order valence-electron chi connectivity index (χ1n) is 8.47. The van der Waals surface area contributed by atoms with E-state index in [-0.39, 0.29) is 10.6 Å². The van der Waals surface area contributed by atoms with Gasteiger partial charge in [0.05, 0.1) is 21.7 Å². The zero-order valence-electron chi connectivity index (χ0n) is 15.6. The van der Waals surface area contributed by atoms with Crippen LogP contribution in [-0.4, -0.2) is 19.6 Å². The van der Waals surface area contributed by atoms with Crippen LogP contribution in [0.2, 0.25) is 0 Å². The van der Waals surface area contributed by atoms with Crippen molar-refractivity contribution in [3.8, 4) is 0 Å². The molecule has 2 aromatic carbocycles. The van der Waals surface area contributed by atoms with Crippen LogP contribution in [0.5, 0.6) is 0 Å². The van der Waals surface area contributed by atoms with Crippen LogP contribution in [0.3, 0.4) is 0 Å². The molecule has 150 valence electrons. The Morgan fingerprint density at radius 2 is 1.86 bits per heavy atom. The molecule has 0 amide bonds. The number of aryl methyl sites for hydroxylation is 2. The molecule has 29 heavy (non-hydrogen) atoms. The van der Waals surface area contributed by atoms with Crippen LogP contribution in [0.1, 0.15) is 16.0 Å². The van der Waals surface area contributed by atoms with Crippen molar-refractivity contribution in [2.45, 2.75) is 18.7 Å². The van der Waals surface area contributed by atoms with Gasteiger partial charge in [0, 0.05) is 10.9 Å². The van der Waals surface area contributed by atoms with Gasteiger partial charge in [-0.15, -0.1) is 11.3 Å². The number of sulfonamides is 1. The number of rotatable bonds is 7. The minimum atomic E-state index is -4.00. The molecule has 10 heteroatoms. The molecule has 2 N–H and O–H groups in total. The summed E-state index contributed by atoms with van der Waals surface area (Å²) in [6.45, 7) is 3.69. The first-order valence-corrected chi connectivity index (χ1v) is 10.8. The lowest BCUT2D eigenvalue weighted by Crippen LogP contribution is -2.14. The molecule has 0 aliphatic rings. The van der Waals surface area contributed by atoms with Gasteiger partial charge in [0.25, 0.3) is 15.7 Å². The maximum absolute atomic E-state index is 12.7. The minimum absolute atomic E-state index is 0.0910. The lowest BCUT2D eigenvalue weighted by molar-refractivity contribution is -0.384. The number of hydrogen-bond acceptors (Lipinski definition) is 7. The number of hydrazone groups is 1. The minimum Gasteiger partial charge on any atom is -0.279 e. The highest BCUT2D eigenvalue weighted by Gasteiger charge is 2.22. The first-order chi connectivity index (χ1) is 13.8. The third-order valence-corrected chi connectivity index (χ3v) is 6.19. The van der Waals surface area contributed by atoms with Gasteiger partial charge < -0.3 is 0 Å². The molecule has 0 bridgehead atoms. The summed E-state index contributed by atoms with van der Waals surface area (Å²) in [5.41, 5.74) is 4.47. The van der Waals surface area contributed by atoms with E-state index in [4.69, 9.17) is 0 Å². The van der Waals surface area contributed by atoms with Crippen LogP contribution in [0.4, 0.5) is 17.1 Å². The molecule has 3 rings (SSSR count). The van der Waals surface area contributed by atoms with Gasteiger partial charge in [0.2, 0.25) is 0 Å². The number of benzene rings is 2. The SMILES string of the molecule is Cc1ccc(NS(=O)(=O)c2ccc(NN=Cc3cccs3)c([N+](=O)[O-])c2)c(C)c1. The number of nitro groups is 1. The fraction of sp³-hybridized carbons (Fsp3) is 0.105. The summed E-state index contributed by atoms with van der Waals surface area (Å²) in [5, 5.41) is 17.3. The molecular formula is C19H18N4O4S2. The van der Waals surface area contributed by atoms with Crippen molar-refractivity contribution >= 4 is 44.6 Å². The highest BCUT2D eigenvalue weighted by atomic mass is 32.2. The Balaban J connectivity index is 1.87. The molecule has 8 nitrogen and oxygen atoms in total. The van der Waals surface area contributed by atoms with Gasteiger partial charge in [0.1, 0.15) is 5.69 Å². The molecule has 1 heterocycles. The zero-order chi connectivity index (χ0) is 21.0. The number of nitrogens with zero attached hydrogens (tertiary/aromatic N) is 2. The quantitative estimate of drug-likeness (QED) is 0.325. The smallest absolute Gasteiger partial charge is 0.279 e. The summed E-state index contributed by atoms with van der Waals surface area (Å²) in [7, 11) is -4.00. The van der Waals surface area contributed by atoms with Crippen molar-refractivity contribution in [3.05, 3.63) is 80.0 Å². The fourth-order valence-corrected chi connectivity index (χ4v) is 4.32. The lowest BCUT2D eigenvalue weighted by Gasteiger charge is -2.12. The topological polar surface area (TPSA) is 114 Å². The predicted octanol–water partition coefficient (Wildman–Crippen LogP) is 4.52. The van der Waals surface area contributed by atoms with E-state index in [0.717, 1.165) is 22.1 Å². The van der Waals surface area contributed by atoms with E-state index in [1.165, 1.54) is 29.7 Å². The highest BCUT2D eigenvalue weighted by Crippen LogP contribution is 2.29. The Kier molecular flexibility index (Phi) is 5.95. The lowest BCUT2D eigenvalue weighted by atomic mass is 10.1. The van der Waals surface area contributed by atoms with Crippen molar-refractivity contribution in [1.29, 1.82) is 0 Å². The molecule has 1 aromatic heterocycles. The zero-order valence-corrected chi connectivity index (χ0v) is 17.3. The summed E-state index contributed by atoms with van der Waals surface area (Å²) < 4.78 is 27.9. The van der Waals surface area contributed by atoms with E-state index in [1.54, 1.807) is 19.1 Å². The maximum Gasteiger partial charge on any atom is 0.295 e. The molecule has 0 aliphatic carbocycles. The molecule has 0 spiro atoms. The van der Waals surface area contributed by atoms with Gasteiger partial charge in [-0.05, 0) is 49.1 Å². The van der Waals surface area contributed by atoms with Gasteiger partial charge in [-0.1, -0.05) is 23.8 Å². The second-order valence-electron chi connectivity index (χ2n) is 6.25. The van der Waals surface area contributed by atoms with Crippen molar-refractivity contribution in [3.63, 3.8) is 0 Å². The van der Waals surface area contributed by atoms with Crippen molar-refractivity contribution in [2.75, 3.05) is 10.1 Å². The number of anilines is 2. The second-order valence-corrected chi connectivity index (χ2v) is 8.91. The number of hydrogen-bond donors (Lipinski definition) is 2. The van der Waals surface area contributed by atoms with E-state index in [9.17, 15) is 18.5 Å². The van der Waals surface area contributed by atoms with Crippen molar-refractivity contribution in [2.24, 2.45) is 5.10 Å². The van der Waals surface area contributed by atoms with Gasteiger partial charge in [0.15, 0.2) is 0 Å². The van der Waals surface area contributed by atoms with Gasteiger partial charge in [-0.2, -0.15) is 5.10 Å². The number of thiophene rings is 1. The molecule has 0 saturated carbocycles. The van der Waals surface area contributed by atoms with Gasteiger partial charge in [-0.25, -0.2) is 8.42 Å². The molecule has 0 saturated heterocycles. The highest BCUT2D eigenvalue weighted by molar-refractivity contribution is 7.92. The van der Waals surface area contributed by atoms with Crippen molar-refractivity contribution < 1.29 is 13.3 Å². The Morgan fingerprint density at radius 1 is 1.10 bits per heavy atom. The molecule has 0 fully saturated rings. The summed E-state index contributed by atoms with van der Waals surface area (Å²) in [6.07, 6.45) is 1.53. The van der Waals surface area contributed by atoms with Crippen LogP contribution in [-0.2, 0) is 10.0 Å². The van der Waals surface area contributed by atoms with Crippen LogP contribution >= 0.6 is 11.3 Å². The maximum atomic E-state index is 12.7. The first kappa shape index (κ1) is 20.5. The van der Waals surface area contributed by atoms with Gasteiger partial charge in [-0.3, -0.25) is 20.3 Å². The van der Waals surface area contributed by atoms with Crippen LogP contribution < -0.4 is 10.1 Å². The standard InChI is InChI=1S/C19H18N4O4S2/c1-13-5-7-17(14(2)10-13)22-29(26,27)16-6-8-18(19(11-16)23(24)25)21-20-12-15-4-3-9-28-15/h3-12,21-22H,1-2H3. The predicted molar refractivity (Wildman–Crippen MR) is 115 cm³/mol. The summed E-state index contributed by atoms with van der Waals surface area (Å²) in [5.74, 6) is 0. The van der Waals surface area contributed by atoms with Crippen LogP contribution in [0, 0.1) is 24.0 Å². The van der Waals surface area contributed by atoms with Gasteiger partial charge >= 0.3 is 0 Å².